The summed E-state index contributed by atoms with van der Waals surface area (Å²) in [7, 11) is 0. The lowest BCUT2D eigenvalue weighted by Gasteiger charge is -2.15. The van der Waals surface area contributed by atoms with Crippen molar-refractivity contribution in [2.75, 3.05) is 6.54 Å². The van der Waals surface area contributed by atoms with Crippen LogP contribution >= 0.6 is 0 Å². The Balaban J connectivity index is 2.65. The number of hydrogen-bond acceptors (Lipinski definition) is 4. The molecule has 0 aliphatic carbocycles. The van der Waals surface area contributed by atoms with Gasteiger partial charge in [-0.15, -0.1) is 0 Å². The topological polar surface area (TPSA) is 107 Å². The molecule has 0 saturated carbocycles. The van der Waals surface area contributed by atoms with Crippen molar-refractivity contribution in [3.63, 3.8) is 0 Å². The summed E-state index contributed by atoms with van der Waals surface area (Å²) < 4.78 is 0. The zero-order valence-electron chi connectivity index (χ0n) is 6.80. The Morgan fingerprint density at radius 2 is 2.00 bits per heavy atom. The largest absolute Gasteiger partial charge is 0.481 e. The minimum absolute atomic E-state index is 0.134. The van der Waals surface area contributed by atoms with Crippen LogP contribution < -0.4 is 5.32 Å². The summed E-state index contributed by atoms with van der Waals surface area (Å²) in [5, 5.41) is 28.9. The molecule has 1 heterocycles. The average Bonchev–Trinajstić information content (AvgIpc) is 2.32. The van der Waals surface area contributed by atoms with Gasteiger partial charge in [0.25, 0.3) is 0 Å². The second kappa shape index (κ2) is 3.71. The molecule has 0 spiro atoms. The van der Waals surface area contributed by atoms with Crippen LogP contribution in [0.15, 0.2) is 0 Å². The van der Waals surface area contributed by atoms with Crippen LogP contribution in [0.1, 0.15) is 6.42 Å². The van der Waals surface area contributed by atoms with E-state index in [-0.39, 0.29) is 13.0 Å². The van der Waals surface area contributed by atoms with E-state index in [0.29, 0.717) is 0 Å². The van der Waals surface area contributed by atoms with Gasteiger partial charge in [0.05, 0.1) is 12.5 Å². The van der Waals surface area contributed by atoms with Gasteiger partial charge in [0.15, 0.2) is 0 Å². The summed E-state index contributed by atoms with van der Waals surface area (Å²) in [5.41, 5.74) is 0. The minimum Gasteiger partial charge on any atom is -0.481 e. The van der Waals surface area contributed by atoms with Gasteiger partial charge in [-0.05, 0) is 0 Å². The molecule has 1 rings (SSSR count). The summed E-state index contributed by atoms with van der Waals surface area (Å²) in [6.45, 7) is 0.134. The van der Waals surface area contributed by atoms with Crippen molar-refractivity contribution in [1.82, 2.24) is 5.32 Å². The molecule has 0 amide bonds. The highest BCUT2D eigenvalue weighted by Gasteiger charge is 2.40. The van der Waals surface area contributed by atoms with E-state index in [1.165, 1.54) is 0 Å². The first-order valence-electron chi connectivity index (χ1n) is 3.88. The maximum atomic E-state index is 10.6. The monoisotopic (exact) mass is 189 g/mol. The maximum Gasteiger partial charge on any atom is 0.321 e. The van der Waals surface area contributed by atoms with Gasteiger partial charge in [-0.2, -0.15) is 0 Å². The van der Waals surface area contributed by atoms with Crippen molar-refractivity contribution < 1.29 is 24.9 Å². The van der Waals surface area contributed by atoms with Gasteiger partial charge in [-0.1, -0.05) is 0 Å². The van der Waals surface area contributed by atoms with Gasteiger partial charge in [0, 0.05) is 12.5 Å². The summed E-state index contributed by atoms with van der Waals surface area (Å²) in [6, 6.07) is -0.953. The molecular formula is C7H11NO5. The molecule has 74 valence electrons. The summed E-state index contributed by atoms with van der Waals surface area (Å²) >= 11 is 0. The van der Waals surface area contributed by atoms with E-state index in [4.69, 9.17) is 10.2 Å². The molecule has 0 aromatic rings. The van der Waals surface area contributed by atoms with Gasteiger partial charge >= 0.3 is 11.9 Å². The van der Waals surface area contributed by atoms with Crippen LogP contribution in [-0.4, -0.2) is 45.9 Å². The Morgan fingerprint density at radius 3 is 2.46 bits per heavy atom. The highest BCUT2D eigenvalue weighted by molar-refractivity contribution is 5.76. The van der Waals surface area contributed by atoms with Crippen molar-refractivity contribution in [2.45, 2.75) is 18.6 Å². The van der Waals surface area contributed by atoms with Crippen molar-refractivity contribution in [1.29, 1.82) is 0 Å². The number of carboxylic acid groups (broad SMARTS) is 2. The van der Waals surface area contributed by atoms with Crippen LogP contribution in [0.4, 0.5) is 0 Å². The Kier molecular flexibility index (Phi) is 2.84. The van der Waals surface area contributed by atoms with Crippen molar-refractivity contribution in [3.8, 4) is 0 Å². The molecule has 1 saturated heterocycles. The maximum absolute atomic E-state index is 10.6. The number of aliphatic hydroxyl groups excluding tert-OH is 1. The Hall–Kier alpha value is -1.14. The average molecular weight is 189 g/mol. The molecule has 1 aliphatic rings. The van der Waals surface area contributed by atoms with Gasteiger partial charge in [-0.25, -0.2) is 0 Å². The quantitative estimate of drug-likeness (QED) is 0.430. The number of hydrogen-bond donors (Lipinski definition) is 4. The van der Waals surface area contributed by atoms with Crippen LogP contribution in [0, 0.1) is 5.92 Å². The van der Waals surface area contributed by atoms with E-state index in [9.17, 15) is 14.7 Å². The SMILES string of the molecule is O=C(O)C[C@H]1[C@H](O)CN[C@@H]1C(=O)O. The second-order valence-electron chi connectivity index (χ2n) is 3.05. The molecule has 6 nitrogen and oxygen atoms in total. The third kappa shape index (κ3) is 2.16. The predicted molar refractivity (Wildman–Crippen MR) is 41.2 cm³/mol. The molecule has 3 atom stereocenters. The minimum atomic E-state index is -1.12. The van der Waals surface area contributed by atoms with Gasteiger partial charge in [0.1, 0.15) is 6.04 Å². The van der Waals surface area contributed by atoms with Gasteiger partial charge in [-0.3, -0.25) is 9.59 Å². The van der Waals surface area contributed by atoms with Crippen LogP contribution in [0.5, 0.6) is 0 Å². The first-order chi connectivity index (χ1) is 6.02. The molecule has 13 heavy (non-hydrogen) atoms. The fourth-order valence-electron chi connectivity index (χ4n) is 1.50. The van der Waals surface area contributed by atoms with Crippen LogP contribution in [0.25, 0.3) is 0 Å². The molecule has 4 N–H and O–H groups in total. The lowest BCUT2D eigenvalue weighted by molar-refractivity contribution is -0.143. The van der Waals surface area contributed by atoms with Crippen molar-refractivity contribution in [2.24, 2.45) is 5.92 Å². The zero-order chi connectivity index (χ0) is 10.0. The number of rotatable bonds is 3. The lowest BCUT2D eigenvalue weighted by Crippen LogP contribution is -2.37. The Labute approximate surface area is 74.2 Å². The molecule has 0 aromatic heterocycles. The van der Waals surface area contributed by atoms with E-state index < -0.39 is 30.0 Å². The van der Waals surface area contributed by atoms with Crippen molar-refractivity contribution >= 4 is 11.9 Å². The van der Waals surface area contributed by atoms with Crippen molar-refractivity contribution in [3.05, 3.63) is 0 Å². The Bertz CT molecular complexity index is 229. The van der Waals surface area contributed by atoms with E-state index >= 15 is 0 Å². The normalized spacial score (nSPS) is 33.2. The number of aliphatic carboxylic acids is 2. The lowest BCUT2D eigenvalue weighted by atomic mass is 9.95. The standard InChI is InChI=1S/C7H11NO5/c9-4-2-8-6(7(12)13)3(4)1-5(10)11/h3-4,6,8-9H,1-2H2,(H,10,11)(H,12,13)/t3-,4+,6-/m0/s1. The summed E-state index contributed by atoms with van der Waals surface area (Å²) in [4.78, 5) is 20.9. The van der Waals surface area contributed by atoms with E-state index in [1.807, 2.05) is 0 Å². The van der Waals surface area contributed by atoms with E-state index in [1.54, 1.807) is 0 Å². The molecular weight excluding hydrogens is 178 g/mol. The molecule has 0 unspecified atom stereocenters. The first-order valence-corrected chi connectivity index (χ1v) is 3.88. The number of carboxylic acids is 2. The highest BCUT2D eigenvalue weighted by atomic mass is 16.4. The molecule has 6 heteroatoms. The smallest absolute Gasteiger partial charge is 0.321 e. The molecule has 1 fully saturated rings. The van der Waals surface area contributed by atoms with Gasteiger partial charge in [0.2, 0.25) is 0 Å². The molecule has 0 bridgehead atoms. The molecule has 1 aliphatic heterocycles. The van der Waals surface area contributed by atoms with Crippen LogP contribution in [0.3, 0.4) is 0 Å². The van der Waals surface area contributed by atoms with Crippen LogP contribution in [-0.2, 0) is 9.59 Å². The summed E-state index contributed by atoms with van der Waals surface area (Å²) in [5.74, 6) is -2.96. The molecule has 0 radical (unpaired) electrons. The fourth-order valence-corrected chi connectivity index (χ4v) is 1.50. The third-order valence-corrected chi connectivity index (χ3v) is 2.15. The zero-order valence-corrected chi connectivity index (χ0v) is 6.80. The van der Waals surface area contributed by atoms with Crippen LogP contribution in [0.2, 0.25) is 0 Å². The molecule has 0 aromatic carbocycles. The number of carbonyl (C=O) groups is 2. The Morgan fingerprint density at radius 1 is 1.38 bits per heavy atom. The first kappa shape index (κ1) is 9.94. The number of aliphatic hydroxyl groups is 1. The third-order valence-electron chi connectivity index (χ3n) is 2.15. The van der Waals surface area contributed by atoms with E-state index in [0.717, 1.165) is 0 Å². The summed E-state index contributed by atoms with van der Waals surface area (Å²) in [6.07, 6.45) is -1.22. The second-order valence-corrected chi connectivity index (χ2v) is 3.05. The predicted octanol–water partition coefficient (Wildman–Crippen LogP) is -1.51. The number of nitrogens with one attached hydrogen (secondary N) is 1. The van der Waals surface area contributed by atoms with E-state index in [2.05, 4.69) is 5.32 Å². The number of β-amino-alcohol motifs (C(OH)–C–C–N with tert-alkyl or cyclic N) is 1. The highest BCUT2D eigenvalue weighted by Crippen LogP contribution is 2.20. The fraction of sp³-hybridized carbons (Fsp3) is 0.714. The van der Waals surface area contributed by atoms with Gasteiger partial charge < -0.3 is 20.6 Å².